The second-order valence-electron chi connectivity index (χ2n) is 4.28. The molecule has 0 amide bonds. The number of nitro groups is 1. The number of hydrogen-bond acceptors (Lipinski definition) is 3. The van der Waals surface area contributed by atoms with Gasteiger partial charge < -0.3 is 0 Å². The lowest BCUT2D eigenvalue weighted by molar-refractivity contribution is -0.386. The summed E-state index contributed by atoms with van der Waals surface area (Å²) in [5.41, 5.74) is -0.272. The van der Waals surface area contributed by atoms with Crippen LogP contribution in [0, 0.1) is 41.4 Å². The summed E-state index contributed by atoms with van der Waals surface area (Å²) in [6, 6.07) is 1.11. The number of hydrogen-bond donors (Lipinski definition) is 0. The summed E-state index contributed by atoms with van der Waals surface area (Å²) in [4.78, 5) is 10.2. The van der Waals surface area contributed by atoms with Crippen LogP contribution in [-0.4, -0.2) is 14.7 Å². The quantitative estimate of drug-likeness (QED) is 0.643. The number of nitrogens with zero attached hydrogens (tertiary/aromatic N) is 3. The molecule has 0 aliphatic carbocycles. The molecule has 0 N–H and O–H groups in total. The van der Waals surface area contributed by atoms with Gasteiger partial charge in [0.05, 0.1) is 11.5 Å². The highest BCUT2D eigenvalue weighted by Gasteiger charge is 2.23. The number of aryl methyl sites for hydroxylation is 1. The molecule has 0 saturated carbocycles. The maximum atomic E-state index is 13.5. The minimum atomic E-state index is -1.06. The molecular formula is C12H10F3N3O2. The van der Waals surface area contributed by atoms with Gasteiger partial charge in [-0.05, 0) is 13.8 Å². The molecule has 2 aromatic rings. The molecule has 1 aromatic carbocycles. The zero-order valence-electron chi connectivity index (χ0n) is 10.7. The van der Waals surface area contributed by atoms with E-state index < -0.39 is 27.9 Å². The smallest absolute Gasteiger partial charge is 0.258 e. The normalized spacial score (nSPS) is 10.8. The Bertz CT molecular complexity index is 674. The molecule has 0 fully saturated rings. The maximum absolute atomic E-state index is 13.5. The summed E-state index contributed by atoms with van der Waals surface area (Å²) < 4.78 is 41.0. The van der Waals surface area contributed by atoms with E-state index in [0.717, 1.165) is 4.68 Å². The first-order chi connectivity index (χ1) is 9.31. The largest absolute Gasteiger partial charge is 0.312 e. The van der Waals surface area contributed by atoms with Gasteiger partial charge in [0.25, 0.3) is 0 Å². The highest BCUT2D eigenvalue weighted by Crippen LogP contribution is 2.24. The molecule has 0 atom stereocenters. The number of halogens is 3. The van der Waals surface area contributed by atoms with Crippen molar-refractivity contribution in [2.75, 3.05) is 0 Å². The van der Waals surface area contributed by atoms with Crippen molar-refractivity contribution in [2.45, 2.75) is 20.4 Å². The van der Waals surface area contributed by atoms with E-state index >= 15 is 0 Å². The first kappa shape index (κ1) is 14.0. The third-order valence-corrected chi connectivity index (χ3v) is 2.94. The third kappa shape index (κ3) is 2.36. The van der Waals surface area contributed by atoms with Crippen molar-refractivity contribution in [1.29, 1.82) is 0 Å². The number of aromatic nitrogens is 2. The van der Waals surface area contributed by atoms with Crippen molar-refractivity contribution in [3.8, 4) is 0 Å². The van der Waals surface area contributed by atoms with Gasteiger partial charge >= 0.3 is 5.69 Å². The van der Waals surface area contributed by atoms with Gasteiger partial charge in [-0.3, -0.25) is 14.8 Å². The fourth-order valence-electron chi connectivity index (χ4n) is 1.98. The Hall–Kier alpha value is -2.38. The van der Waals surface area contributed by atoms with Gasteiger partial charge in [-0.1, -0.05) is 0 Å². The molecule has 0 aliphatic heterocycles. The van der Waals surface area contributed by atoms with Crippen LogP contribution in [0.2, 0.25) is 0 Å². The van der Waals surface area contributed by atoms with Crippen LogP contribution < -0.4 is 0 Å². The molecular weight excluding hydrogens is 275 g/mol. The minimum absolute atomic E-state index is 0.149. The molecule has 106 valence electrons. The predicted octanol–water partition coefficient (Wildman–Crippen LogP) is 2.87. The zero-order chi connectivity index (χ0) is 15.0. The van der Waals surface area contributed by atoms with Crippen molar-refractivity contribution in [3.05, 3.63) is 56.7 Å². The Morgan fingerprint density at radius 2 is 1.80 bits per heavy atom. The molecule has 0 aliphatic rings. The van der Waals surface area contributed by atoms with Gasteiger partial charge in [-0.2, -0.15) is 5.10 Å². The second kappa shape index (κ2) is 4.95. The van der Waals surface area contributed by atoms with E-state index in [-0.39, 0.29) is 23.6 Å². The lowest BCUT2D eigenvalue weighted by Gasteiger charge is -2.07. The average molecular weight is 285 g/mol. The first-order valence-electron chi connectivity index (χ1n) is 5.63. The van der Waals surface area contributed by atoms with E-state index in [1.165, 1.54) is 13.8 Å². The van der Waals surface area contributed by atoms with Gasteiger partial charge in [-0.15, -0.1) is 0 Å². The van der Waals surface area contributed by atoms with E-state index in [1.807, 2.05) is 0 Å². The van der Waals surface area contributed by atoms with Gasteiger partial charge in [0.1, 0.15) is 28.8 Å². The predicted molar refractivity (Wildman–Crippen MR) is 63.8 cm³/mol. The molecule has 5 nitrogen and oxygen atoms in total. The Kier molecular flexibility index (Phi) is 3.47. The topological polar surface area (TPSA) is 61.0 Å². The van der Waals surface area contributed by atoms with Crippen molar-refractivity contribution < 1.29 is 18.1 Å². The Balaban J connectivity index is 2.46. The van der Waals surface area contributed by atoms with Crippen LogP contribution in [0.15, 0.2) is 12.1 Å². The van der Waals surface area contributed by atoms with Gasteiger partial charge in [0.2, 0.25) is 0 Å². The van der Waals surface area contributed by atoms with Crippen LogP contribution in [0.1, 0.15) is 17.0 Å². The average Bonchev–Trinajstić information content (AvgIpc) is 2.58. The molecule has 1 heterocycles. The van der Waals surface area contributed by atoms with Crippen LogP contribution >= 0.6 is 0 Å². The summed E-state index contributed by atoms with van der Waals surface area (Å²) in [5.74, 6) is -3.14. The minimum Gasteiger partial charge on any atom is -0.258 e. The van der Waals surface area contributed by atoms with Crippen molar-refractivity contribution in [3.63, 3.8) is 0 Å². The fraction of sp³-hybridized carbons (Fsp3) is 0.250. The van der Waals surface area contributed by atoms with E-state index in [9.17, 15) is 23.3 Å². The van der Waals surface area contributed by atoms with Crippen molar-refractivity contribution in [1.82, 2.24) is 9.78 Å². The van der Waals surface area contributed by atoms with Gasteiger partial charge in [-0.25, -0.2) is 13.2 Å². The highest BCUT2D eigenvalue weighted by molar-refractivity contribution is 5.40. The van der Waals surface area contributed by atoms with Crippen LogP contribution in [0.25, 0.3) is 0 Å². The molecule has 0 radical (unpaired) electrons. The lowest BCUT2D eigenvalue weighted by atomic mass is 10.2. The SMILES string of the molecule is Cc1nn(Cc2c(F)cc(F)cc2F)c(C)c1[N+](=O)[O-]. The summed E-state index contributed by atoms with van der Waals surface area (Å²) >= 11 is 0. The molecule has 1 aromatic heterocycles. The number of benzene rings is 1. The molecule has 0 unspecified atom stereocenters. The van der Waals surface area contributed by atoms with E-state index in [4.69, 9.17) is 0 Å². The van der Waals surface area contributed by atoms with Crippen molar-refractivity contribution >= 4 is 5.69 Å². The molecule has 8 heteroatoms. The lowest BCUT2D eigenvalue weighted by Crippen LogP contribution is -2.08. The summed E-state index contributed by atoms with van der Waals surface area (Å²) in [7, 11) is 0. The van der Waals surface area contributed by atoms with E-state index in [0.29, 0.717) is 12.1 Å². The van der Waals surface area contributed by atoms with Gasteiger partial charge in [0, 0.05) is 17.7 Å². The molecule has 2 rings (SSSR count). The van der Waals surface area contributed by atoms with E-state index in [2.05, 4.69) is 5.10 Å². The Labute approximate surface area is 111 Å². The second-order valence-corrected chi connectivity index (χ2v) is 4.28. The van der Waals surface area contributed by atoms with Crippen LogP contribution in [0.3, 0.4) is 0 Å². The zero-order valence-corrected chi connectivity index (χ0v) is 10.7. The fourth-order valence-corrected chi connectivity index (χ4v) is 1.98. The van der Waals surface area contributed by atoms with Crippen LogP contribution in [-0.2, 0) is 6.54 Å². The first-order valence-corrected chi connectivity index (χ1v) is 5.63. The molecule has 0 saturated heterocycles. The highest BCUT2D eigenvalue weighted by atomic mass is 19.1. The maximum Gasteiger partial charge on any atom is 0.312 e. The Morgan fingerprint density at radius 3 is 2.25 bits per heavy atom. The van der Waals surface area contributed by atoms with E-state index in [1.54, 1.807) is 0 Å². The van der Waals surface area contributed by atoms with Crippen LogP contribution in [0.5, 0.6) is 0 Å². The molecule has 0 bridgehead atoms. The van der Waals surface area contributed by atoms with Gasteiger partial charge in [0.15, 0.2) is 0 Å². The standard InChI is InChI=1S/C12H10F3N3O2/c1-6-12(18(19)20)7(2)17(16-6)5-9-10(14)3-8(13)4-11(9)15/h3-4H,5H2,1-2H3. The Morgan fingerprint density at radius 1 is 1.25 bits per heavy atom. The summed E-state index contributed by atoms with van der Waals surface area (Å²) in [5, 5.41) is 14.7. The summed E-state index contributed by atoms with van der Waals surface area (Å²) in [6.45, 7) is 2.51. The molecule has 0 spiro atoms. The molecule has 20 heavy (non-hydrogen) atoms. The third-order valence-electron chi connectivity index (χ3n) is 2.94. The number of rotatable bonds is 3. The summed E-state index contributed by atoms with van der Waals surface area (Å²) in [6.07, 6.45) is 0. The van der Waals surface area contributed by atoms with Crippen molar-refractivity contribution in [2.24, 2.45) is 0 Å². The monoisotopic (exact) mass is 285 g/mol. The van der Waals surface area contributed by atoms with Crippen LogP contribution in [0.4, 0.5) is 18.9 Å².